The van der Waals surface area contributed by atoms with Gasteiger partial charge in [-0.2, -0.15) is 0 Å². The van der Waals surface area contributed by atoms with Gasteiger partial charge in [0.05, 0.1) is 21.3 Å². The van der Waals surface area contributed by atoms with Crippen LogP contribution >= 0.6 is 37.2 Å². The van der Waals surface area contributed by atoms with Crippen LogP contribution in [0.3, 0.4) is 0 Å². The molecule has 6 aromatic carbocycles. The average molecular weight is 1040 g/mol. The fourth-order valence-electron chi connectivity index (χ4n) is 10.8. The number of methoxy groups -OCH3 is 3. The maximum absolute atomic E-state index is 6.44. The second-order valence-electron chi connectivity index (χ2n) is 19.0. The molecule has 72 heavy (non-hydrogen) atoms. The maximum Gasteiger partial charge on any atom is 0.162 e. The molecule has 9 nitrogen and oxygen atoms in total. The second kappa shape index (κ2) is 28.4. The molecule has 0 saturated heterocycles. The summed E-state index contributed by atoms with van der Waals surface area (Å²) in [4.78, 5) is 0. The molecule has 0 spiro atoms. The van der Waals surface area contributed by atoms with E-state index in [1.54, 1.807) is 21.3 Å². The predicted octanol–water partition coefficient (Wildman–Crippen LogP) is 13.4. The zero-order valence-electron chi connectivity index (χ0n) is 42.1. The molecule has 3 atom stereocenters. The Bertz CT molecular complexity index is 2460. The molecular formula is C60H74Cl3N3O6. The van der Waals surface area contributed by atoms with Crippen LogP contribution in [0.2, 0.25) is 0 Å². The second-order valence-corrected chi connectivity index (χ2v) is 19.0. The summed E-state index contributed by atoms with van der Waals surface area (Å²) in [5.41, 5.74) is 11.5. The van der Waals surface area contributed by atoms with Crippen molar-refractivity contribution in [1.29, 1.82) is 0 Å². The van der Waals surface area contributed by atoms with Gasteiger partial charge in [0.25, 0.3) is 0 Å². The van der Waals surface area contributed by atoms with E-state index in [1.807, 2.05) is 18.2 Å². The highest BCUT2D eigenvalue weighted by Crippen LogP contribution is 2.42. The van der Waals surface area contributed by atoms with Crippen LogP contribution in [-0.2, 0) is 39.1 Å². The van der Waals surface area contributed by atoms with E-state index in [1.165, 1.54) is 46.2 Å². The van der Waals surface area contributed by atoms with Crippen molar-refractivity contribution in [1.82, 2.24) is 16.0 Å². The number of halogens is 3. The molecule has 0 aromatic heterocycles. The van der Waals surface area contributed by atoms with Gasteiger partial charge in [0.2, 0.25) is 0 Å². The number of fused-ring (bicyclic) bond motifs is 3. The van der Waals surface area contributed by atoms with Crippen LogP contribution in [0.1, 0.15) is 120 Å². The molecule has 3 unspecified atom stereocenters. The molecule has 0 amide bonds. The Hall–Kier alpha value is -5.13. The lowest BCUT2D eigenvalue weighted by Gasteiger charge is -2.31. The highest BCUT2D eigenvalue weighted by Gasteiger charge is 2.28. The average Bonchev–Trinajstić information content (AvgIpc) is 3.40. The van der Waals surface area contributed by atoms with Gasteiger partial charge < -0.3 is 44.4 Å². The van der Waals surface area contributed by atoms with Gasteiger partial charge in [0, 0.05) is 18.1 Å². The first-order valence-electron chi connectivity index (χ1n) is 25.4. The Balaban J connectivity index is 0.00000282. The minimum absolute atomic E-state index is 0. The van der Waals surface area contributed by atoms with Crippen molar-refractivity contribution in [2.24, 2.45) is 5.92 Å². The van der Waals surface area contributed by atoms with Crippen LogP contribution in [0.25, 0.3) is 0 Å². The minimum atomic E-state index is 0. The van der Waals surface area contributed by atoms with E-state index < -0.39 is 0 Å². The Morgan fingerprint density at radius 1 is 0.403 bits per heavy atom. The fraction of sp³-hybridized carbons (Fsp3) is 0.400. The van der Waals surface area contributed by atoms with Gasteiger partial charge in [0.1, 0.15) is 19.8 Å². The topological polar surface area (TPSA) is 91.5 Å². The van der Waals surface area contributed by atoms with E-state index in [0.717, 1.165) is 129 Å². The van der Waals surface area contributed by atoms with E-state index >= 15 is 0 Å². The van der Waals surface area contributed by atoms with Crippen molar-refractivity contribution < 1.29 is 28.4 Å². The summed E-state index contributed by atoms with van der Waals surface area (Å²) >= 11 is 0. The van der Waals surface area contributed by atoms with E-state index in [9.17, 15) is 0 Å². The largest absolute Gasteiger partial charge is 0.493 e. The maximum atomic E-state index is 6.44. The van der Waals surface area contributed by atoms with Gasteiger partial charge in [-0.3, -0.25) is 0 Å². The van der Waals surface area contributed by atoms with Crippen LogP contribution < -0.4 is 44.4 Å². The number of unbranched alkanes of at least 4 members (excludes halogenated alkanes) is 1. The molecule has 0 aliphatic carbocycles. The SMILES string of the molecule is COc1cc2c(cc1OCc1ccccc1)C(CCCCC(CCC1NCCc3cc(OC)c(OCc4ccccc4)cc31)CCC1NCCc3cc(OC)c(OCc4ccccc4)cc31)NCC2.Cl.Cl.Cl. The van der Waals surface area contributed by atoms with Crippen LogP contribution in [-0.4, -0.2) is 41.0 Å². The summed E-state index contributed by atoms with van der Waals surface area (Å²) < 4.78 is 36.9. The molecule has 3 aliphatic rings. The highest BCUT2D eigenvalue weighted by atomic mass is 35.5. The van der Waals surface area contributed by atoms with Gasteiger partial charge in [-0.15, -0.1) is 37.2 Å². The molecule has 12 heteroatoms. The Labute approximate surface area is 446 Å². The summed E-state index contributed by atoms with van der Waals surface area (Å²) in [6, 6.07) is 45.2. The van der Waals surface area contributed by atoms with Crippen LogP contribution in [0.15, 0.2) is 127 Å². The molecule has 6 aromatic rings. The molecular weight excluding hydrogens is 965 g/mol. The minimum Gasteiger partial charge on any atom is -0.493 e. The molecule has 3 aliphatic heterocycles. The highest BCUT2D eigenvalue weighted by molar-refractivity contribution is 5.86. The molecule has 386 valence electrons. The zero-order valence-corrected chi connectivity index (χ0v) is 44.6. The molecule has 0 bridgehead atoms. The van der Waals surface area contributed by atoms with E-state index in [-0.39, 0.29) is 55.3 Å². The molecule has 0 radical (unpaired) electrons. The predicted molar refractivity (Wildman–Crippen MR) is 297 cm³/mol. The lowest BCUT2D eigenvalue weighted by atomic mass is 9.83. The number of rotatable bonds is 23. The van der Waals surface area contributed by atoms with Crippen molar-refractivity contribution in [3.05, 3.63) is 177 Å². The third-order valence-electron chi connectivity index (χ3n) is 14.6. The van der Waals surface area contributed by atoms with Crippen molar-refractivity contribution in [3.63, 3.8) is 0 Å². The molecule has 3 heterocycles. The summed E-state index contributed by atoms with van der Waals surface area (Å²) in [6.45, 7) is 4.39. The third-order valence-corrected chi connectivity index (χ3v) is 14.6. The van der Waals surface area contributed by atoms with Gasteiger partial charge in [-0.25, -0.2) is 0 Å². The Morgan fingerprint density at radius 2 is 0.736 bits per heavy atom. The first kappa shape index (κ1) is 56.2. The molecule has 3 N–H and O–H groups in total. The van der Waals surface area contributed by atoms with E-state index in [0.29, 0.717) is 25.7 Å². The number of benzene rings is 6. The monoisotopic (exact) mass is 1040 g/mol. The lowest BCUT2D eigenvalue weighted by Crippen LogP contribution is -2.31. The third kappa shape index (κ3) is 14.5. The molecule has 9 rings (SSSR count). The number of nitrogens with one attached hydrogen (secondary N) is 3. The van der Waals surface area contributed by atoms with Gasteiger partial charge in [-0.1, -0.05) is 110 Å². The summed E-state index contributed by atoms with van der Waals surface area (Å²) in [5.74, 6) is 5.41. The number of hydrogen-bond acceptors (Lipinski definition) is 9. The van der Waals surface area contributed by atoms with Crippen LogP contribution in [0, 0.1) is 5.92 Å². The van der Waals surface area contributed by atoms with Crippen molar-refractivity contribution >= 4 is 37.2 Å². The normalized spacial score (nSPS) is 17.0. The molecule has 0 fully saturated rings. The first-order valence-corrected chi connectivity index (χ1v) is 25.4. The van der Waals surface area contributed by atoms with Gasteiger partial charge in [0.15, 0.2) is 34.5 Å². The fourth-order valence-corrected chi connectivity index (χ4v) is 10.8. The standard InChI is InChI=1S/C60H71N3O6.3ClH/c1-64-55-33-46-27-30-61-52(49(46)36-58(55)67-39-43-16-7-4-8-17-43)22-14-13-15-42(23-25-53-50-37-59(68-40-44-18-9-5-10-19-44)56(65-2)34-47(50)28-31-62-53)24-26-54-51-38-60(69-41-45-20-11-6-12-21-45)57(66-3)35-48(51)29-32-63-54;;;/h4-12,16-21,33-38,42,52-54,61-63H,13-15,22-32,39-41H2,1-3H3;3*1H. The summed E-state index contributed by atoms with van der Waals surface area (Å²) in [5, 5.41) is 11.7. The smallest absolute Gasteiger partial charge is 0.162 e. The van der Waals surface area contributed by atoms with Crippen molar-refractivity contribution in [2.45, 2.75) is 109 Å². The lowest BCUT2D eigenvalue weighted by molar-refractivity contribution is 0.281. The van der Waals surface area contributed by atoms with Crippen molar-refractivity contribution in [2.75, 3.05) is 41.0 Å². The van der Waals surface area contributed by atoms with E-state index in [4.69, 9.17) is 28.4 Å². The zero-order chi connectivity index (χ0) is 47.2. The molecule has 0 saturated carbocycles. The Kier molecular flexibility index (Phi) is 22.1. The Morgan fingerprint density at radius 3 is 1.07 bits per heavy atom. The van der Waals surface area contributed by atoms with Crippen LogP contribution in [0.4, 0.5) is 0 Å². The van der Waals surface area contributed by atoms with Crippen molar-refractivity contribution in [3.8, 4) is 34.5 Å². The first-order chi connectivity index (χ1) is 34.0. The van der Waals surface area contributed by atoms with Gasteiger partial charge in [-0.05, 0) is 163 Å². The summed E-state index contributed by atoms with van der Waals surface area (Å²) in [6.07, 6.45) is 12.0. The number of hydrogen-bond donors (Lipinski definition) is 3. The van der Waals surface area contributed by atoms with Gasteiger partial charge >= 0.3 is 0 Å². The van der Waals surface area contributed by atoms with Crippen LogP contribution in [0.5, 0.6) is 34.5 Å². The summed E-state index contributed by atoms with van der Waals surface area (Å²) in [7, 11) is 5.23. The quantitative estimate of drug-likeness (QED) is 0.0543. The van der Waals surface area contributed by atoms with E-state index in [2.05, 4.69) is 125 Å². The number of ether oxygens (including phenoxy) is 6.